The van der Waals surface area contributed by atoms with Gasteiger partial charge in [-0.05, 0) is 49.0 Å². The van der Waals surface area contributed by atoms with E-state index < -0.39 is 37.3 Å². The maximum Gasteiger partial charge on any atom is 0.407 e. The molecule has 184 valence electrons. The Morgan fingerprint density at radius 2 is 1.94 bits per heavy atom. The van der Waals surface area contributed by atoms with Crippen LogP contribution in [0.3, 0.4) is 0 Å². The zero-order valence-corrected chi connectivity index (χ0v) is 21.2. The molecule has 3 atom stereocenters. The van der Waals surface area contributed by atoms with Crippen molar-refractivity contribution in [3.8, 4) is 0 Å². The fraction of sp³-hybridized carbons (Fsp3) is 0.500. The van der Waals surface area contributed by atoms with Crippen LogP contribution in [0.15, 0.2) is 42.7 Å². The molecule has 0 bridgehead atoms. The van der Waals surface area contributed by atoms with Crippen LogP contribution in [0.5, 0.6) is 0 Å². The summed E-state index contributed by atoms with van der Waals surface area (Å²) >= 11 is 0. The SMILES string of the molecule is CC(C)(C)[Si](C)(C)OC(c1cncc(F)c1)[C@H]1CC[C@@H](Cc2ccc([N+](=O)[O-])cc2)N1C(=O)O. The van der Waals surface area contributed by atoms with E-state index in [4.69, 9.17) is 4.43 Å². The fourth-order valence-corrected chi connectivity index (χ4v) is 5.46. The molecule has 0 aliphatic carbocycles. The summed E-state index contributed by atoms with van der Waals surface area (Å²) in [7, 11) is -2.35. The predicted molar refractivity (Wildman–Crippen MR) is 129 cm³/mol. The molecule has 1 N–H and O–H groups in total. The second-order valence-electron chi connectivity index (χ2n) is 10.4. The van der Waals surface area contributed by atoms with Gasteiger partial charge < -0.3 is 9.53 Å². The van der Waals surface area contributed by atoms with Gasteiger partial charge in [0.05, 0.1) is 23.3 Å². The van der Waals surface area contributed by atoms with E-state index in [9.17, 15) is 24.4 Å². The minimum absolute atomic E-state index is 0.00965. The number of hydrogen-bond donors (Lipinski definition) is 1. The van der Waals surface area contributed by atoms with Gasteiger partial charge in [-0.2, -0.15) is 0 Å². The van der Waals surface area contributed by atoms with Crippen molar-refractivity contribution in [2.24, 2.45) is 0 Å². The Balaban J connectivity index is 1.93. The summed E-state index contributed by atoms with van der Waals surface area (Å²) in [5, 5.41) is 21.0. The molecule has 2 aromatic rings. The number of nitrogens with zero attached hydrogens (tertiary/aromatic N) is 3. The number of nitro groups is 1. The molecule has 1 aromatic carbocycles. The van der Waals surface area contributed by atoms with Gasteiger partial charge >= 0.3 is 6.09 Å². The zero-order valence-electron chi connectivity index (χ0n) is 20.2. The Hall–Kier alpha value is -2.85. The van der Waals surface area contributed by atoms with Crippen LogP contribution >= 0.6 is 0 Å². The number of rotatable bonds is 7. The Labute approximate surface area is 200 Å². The second-order valence-corrected chi connectivity index (χ2v) is 15.1. The van der Waals surface area contributed by atoms with Gasteiger partial charge in [0, 0.05) is 29.9 Å². The van der Waals surface area contributed by atoms with Crippen LogP contribution in [-0.2, 0) is 10.8 Å². The number of amides is 1. The lowest BCUT2D eigenvalue weighted by molar-refractivity contribution is -0.384. The summed E-state index contributed by atoms with van der Waals surface area (Å²) in [5.41, 5.74) is 1.33. The molecule has 1 unspecified atom stereocenters. The number of carboxylic acid groups (broad SMARTS) is 1. The summed E-state index contributed by atoms with van der Waals surface area (Å²) < 4.78 is 20.8. The third kappa shape index (κ3) is 5.61. The smallest absolute Gasteiger partial charge is 0.407 e. The van der Waals surface area contributed by atoms with Crippen LogP contribution in [0, 0.1) is 15.9 Å². The van der Waals surface area contributed by atoms with Gasteiger partial charge in [0.1, 0.15) is 5.82 Å². The zero-order chi connectivity index (χ0) is 25.3. The Bertz CT molecular complexity index is 1040. The van der Waals surface area contributed by atoms with Crippen molar-refractivity contribution in [2.75, 3.05) is 0 Å². The molecule has 34 heavy (non-hydrogen) atoms. The number of hydrogen-bond acceptors (Lipinski definition) is 5. The van der Waals surface area contributed by atoms with Crippen LogP contribution in [0.2, 0.25) is 18.1 Å². The monoisotopic (exact) mass is 489 g/mol. The number of nitro benzene ring substituents is 1. The third-order valence-corrected chi connectivity index (χ3v) is 11.5. The molecule has 2 heterocycles. The Morgan fingerprint density at radius 3 is 2.47 bits per heavy atom. The topological polar surface area (TPSA) is 106 Å². The molecule has 1 aliphatic heterocycles. The third-order valence-electron chi connectivity index (χ3n) is 7.02. The highest BCUT2D eigenvalue weighted by Gasteiger charge is 2.47. The molecule has 0 saturated carbocycles. The van der Waals surface area contributed by atoms with Gasteiger partial charge in [-0.1, -0.05) is 32.9 Å². The highest BCUT2D eigenvalue weighted by molar-refractivity contribution is 6.74. The van der Waals surface area contributed by atoms with Gasteiger partial charge in [-0.25, -0.2) is 9.18 Å². The van der Waals surface area contributed by atoms with Crippen LogP contribution < -0.4 is 0 Å². The lowest BCUT2D eigenvalue weighted by Gasteiger charge is -2.42. The van der Waals surface area contributed by atoms with E-state index in [-0.39, 0.29) is 16.8 Å². The molecule has 0 radical (unpaired) electrons. The maximum atomic E-state index is 14.1. The van der Waals surface area contributed by atoms with E-state index in [1.165, 1.54) is 23.1 Å². The molecule has 1 aromatic heterocycles. The number of non-ortho nitro benzene ring substituents is 1. The first kappa shape index (κ1) is 25.8. The molecule has 1 aliphatic rings. The summed E-state index contributed by atoms with van der Waals surface area (Å²) in [4.78, 5) is 28.3. The van der Waals surface area contributed by atoms with Gasteiger partial charge in [0.25, 0.3) is 5.69 Å². The normalized spacial score (nSPS) is 19.8. The van der Waals surface area contributed by atoms with Gasteiger partial charge in [0.15, 0.2) is 8.32 Å². The number of carbonyl (C=O) groups is 1. The highest BCUT2D eigenvalue weighted by atomic mass is 28.4. The van der Waals surface area contributed by atoms with Crippen molar-refractivity contribution in [3.05, 3.63) is 69.8 Å². The standard InChI is InChI=1S/C24H32FN3O5Si/c1-24(2,3)34(4,5)33-22(17-13-18(25)15-26-14-17)21-11-10-20(27(21)23(29)30)12-16-6-8-19(9-7-16)28(31)32/h6-9,13-15,20-22H,10-12H2,1-5H3,(H,29,30)/t20-,21+,22?/m0/s1. The van der Waals surface area contributed by atoms with Crippen LogP contribution in [0.1, 0.15) is 50.8 Å². The maximum absolute atomic E-state index is 14.1. The first-order chi connectivity index (χ1) is 15.8. The lowest BCUT2D eigenvalue weighted by Crippen LogP contribution is -2.49. The largest absolute Gasteiger partial charge is 0.465 e. The summed E-state index contributed by atoms with van der Waals surface area (Å²) in [6.07, 6.45) is 2.53. The quantitative estimate of drug-likeness (QED) is 0.293. The first-order valence-electron chi connectivity index (χ1n) is 11.3. The number of benzene rings is 1. The average Bonchev–Trinajstić information content (AvgIpc) is 3.15. The molecular weight excluding hydrogens is 457 g/mol. The molecule has 3 rings (SSSR count). The number of aromatic nitrogens is 1. The van der Waals surface area contributed by atoms with Crippen molar-refractivity contribution >= 4 is 20.1 Å². The first-order valence-corrected chi connectivity index (χ1v) is 14.2. The van der Waals surface area contributed by atoms with E-state index >= 15 is 0 Å². The second kappa shape index (κ2) is 9.79. The van der Waals surface area contributed by atoms with Crippen LogP contribution in [0.25, 0.3) is 0 Å². The van der Waals surface area contributed by atoms with E-state index in [1.54, 1.807) is 18.3 Å². The molecule has 10 heteroatoms. The van der Waals surface area contributed by atoms with Crippen molar-refractivity contribution in [2.45, 2.75) is 76.4 Å². The molecule has 8 nitrogen and oxygen atoms in total. The number of pyridine rings is 1. The van der Waals surface area contributed by atoms with Crippen molar-refractivity contribution in [1.29, 1.82) is 0 Å². The van der Waals surface area contributed by atoms with E-state index in [0.29, 0.717) is 24.8 Å². The predicted octanol–water partition coefficient (Wildman–Crippen LogP) is 5.95. The van der Waals surface area contributed by atoms with Crippen molar-refractivity contribution in [3.63, 3.8) is 0 Å². The highest BCUT2D eigenvalue weighted by Crippen LogP contribution is 2.44. The Kier molecular flexibility index (Phi) is 7.42. The molecule has 1 saturated heterocycles. The lowest BCUT2D eigenvalue weighted by atomic mass is 10.0. The molecule has 1 amide bonds. The number of halogens is 1. The summed E-state index contributed by atoms with van der Waals surface area (Å²) in [6.45, 7) is 10.5. The van der Waals surface area contributed by atoms with Gasteiger partial charge in [-0.15, -0.1) is 0 Å². The van der Waals surface area contributed by atoms with Crippen molar-refractivity contribution in [1.82, 2.24) is 9.88 Å². The molecule has 0 spiro atoms. The summed E-state index contributed by atoms with van der Waals surface area (Å²) in [5.74, 6) is -0.497. The minimum atomic E-state index is -2.35. The minimum Gasteiger partial charge on any atom is -0.465 e. The Morgan fingerprint density at radius 1 is 1.29 bits per heavy atom. The van der Waals surface area contributed by atoms with Crippen LogP contribution in [0.4, 0.5) is 14.9 Å². The van der Waals surface area contributed by atoms with Crippen LogP contribution in [-0.4, -0.2) is 46.4 Å². The van der Waals surface area contributed by atoms with Gasteiger partial charge in [0.2, 0.25) is 0 Å². The summed E-state index contributed by atoms with van der Waals surface area (Å²) in [6, 6.07) is 6.71. The van der Waals surface area contributed by atoms with Crippen molar-refractivity contribution < 1.29 is 23.6 Å². The average molecular weight is 490 g/mol. The number of likely N-dealkylation sites (tertiary alicyclic amines) is 1. The van der Waals surface area contributed by atoms with E-state index in [1.807, 2.05) is 0 Å². The molecule has 1 fully saturated rings. The van der Waals surface area contributed by atoms with E-state index in [0.717, 1.165) is 11.8 Å². The van der Waals surface area contributed by atoms with E-state index in [2.05, 4.69) is 38.8 Å². The fourth-order valence-electron chi connectivity index (χ4n) is 4.18. The van der Waals surface area contributed by atoms with Gasteiger partial charge in [-0.3, -0.25) is 20.0 Å². The molecular formula is C24H32FN3O5Si.